The van der Waals surface area contributed by atoms with E-state index in [0.717, 1.165) is 0 Å². The number of esters is 1. The van der Waals surface area contributed by atoms with E-state index in [9.17, 15) is 19.5 Å². The molecule has 0 bridgehead atoms. The molecule has 1 aliphatic rings. The van der Waals surface area contributed by atoms with Gasteiger partial charge in [-0.1, -0.05) is 22.5 Å². The van der Waals surface area contributed by atoms with E-state index in [2.05, 4.69) is 33.1 Å². The highest BCUT2D eigenvalue weighted by atomic mass is 79.9. The molecule has 2 atom stereocenters. The smallest absolute Gasteiger partial charge is 0.319 e. The van der Waals surface area contributed by atoms with Gasteiger partial charge in [0.15, 0.2) is 11.5 Å². The van der Waals surface area contributed by atoms with Crippen LogP contribution in [-0.2, 0) is 14.3 Å². The van der Waals surface area contributed by atoms with E-state index in [4.69, 9.17) is 14.2 Å². The standard InChI is InChI=1S/C16H17BrN2O7/c1-7-13(15(22)25-3)14(19-16(23)18-7)8-4-10(24-2)11(5-9(8)17)26-6-12(20)21/h4-5,13-14H,1,6H2,2-3H3,(H,20,21)(H2,18,19,23)/p-1/t13-,14+/m0/s1. The summed E-state index contributed by atoms with van der Waals surface area (Å²) in [5.41, 5.74) is 0.683. The second kappa shape index (κ2) is 8.09. The van der Waals surface area contributed by atoms with Gasteiger partial charge in [0.1, 0.15) is 12.5 Å². The van der Waals surface area contributed by atoms with Crippen molar-refractivity contribution in [3.63, 3.8) is 0 Å². The van der Waals surface area contributed by atoms with Gasteiger partial charge in [0, 0.05) is 10.2 Å². The maximum atomic E-state index is 12.2. The van der Waals surface area contributed by atoms with Gasteiger partial charge in [0.05, 0.1) is 26.2 Å². The Morgan fingerprint density at radius 3 is 2.58 bits per heavy atom. The molecular weight excluding hydrogens is 412 g/mol. The Hall–Kier alpha value is -2.75. The van der Waals surface area contributed by atoms with Gasteiger partial charge in [-0.15, -0.1) is 0 Å². The summed E-state index contributed by atoms with van der Waals surface area (Å²) < 4.78 is 15.6. The van der Waals surface area contributed by atoms with Crippen molar-refractivity contribution in [1.82, 2.24) is 10.6 Å². The average molecular weight is 428 g/mol. The van der Waals surface area contributed by atoms with Gasteiger partial charge in [-0.2, -0.15) is 0 Å². The van der Waals surface area contributed by atoms with Gasteiger partial charge in [-0.05, 0) is 17.7 Å². The van der Waals surface area contributed by atoms with Crippen molar-refractivity contribution in [3.8, 4) is 11.5 Å². The molecule has 0 saturated carbocycles. The van der Waals surface area contributed by atoms with Crippen LogP contribution in [0.15, 0.2) is 28.9 Å². The number of halogens is 1. The summed E-state index contributed by atoms with van der Waals surface area (Å²) in [5, 5.41) is 15.7. The van der Waals surface area contributed by atoms with Crippen LogP contribution in [0.25, 0.3) is 0 Å². The minimum absolute atomic E-state index is 0.154. The summed E-state index contributed by atoms with van der Waals surface area (Å²) in [5.74, 6) is -2.49. The normalized spacial score (nSPS) is 19.2. The highest BCUT2D eigenvalue weighted by Gasteiger charge is 2.39. The van der Waals surface area contributed by atoms with Crippen molar-refractivity contribution in [2.45, 2.75) is 6.04 Å². The summed E-state index contributed by atoms with van der Waals surface area (Å²) in [6.45, 7) is 3.05. The third kappa shape index (κ3) is 4.07. The number of carboxylic acids is 1. The van der Waals surface area contributed by atoms with Crippen molar-refractivity contribution in [3.05, 3.63) is 34.4 Å². The Bertz CT molecular complexity index is 765. The number of hydrogen-bond donors (Lipinski definition) is 2. The number of carbonyl (C=O) groups excluding carboxylic acids is 3. The number of carboxylic acid groups (broad SMARTS) is 1. The van der Waals surface area contributed by atoms with Gasteiger partial charge >= 0.3 is 12.0 Å². The number of nitrogens with one attached hydrogen (secondary N) is 2. The van der Waals surface area contributed by atoms with Gasteiger partial charge in [-0.3, -0.25) is 4.79 Å². The number of rotatable bonds is 6. The van der Waals surface area contributed by atoms with E-state index in [1.165, 1.54) is 26.4 Å². The van der Waals surface area contributed by atoms with Crippen LogP contribution in [0.2, 0.25) is 0 Å². The predicted octanol–water partition coefficient (Wildman–Crippen LogP) is 0.243. The van der Waals surface area contributed by atoms with Crippen LogP contribution < -0.4 is 25.2 Å². The lowest BCUT2D eigenvalue weighted by Crippen LogP contribution is -2.51. The number of ether oxygens (including phenoxy) is 3. The molecule has 1 aliphatic heterocycles. The molecule has 9 nitrogen and oxygen atoms in total. The van der Waals surface area contributed by atoms with Gasteiger partial charge in [0.25, 0.3) is 0 Å². The molecular formula is C16H16BrN2O7-. The number of benzene rings is 1. The van der Waals surface area contributed by atoms with Crippen LogP contribution in [0.4, 0.5) is 4.79 Å². The molecule has 0 unspecified atom stereocenters. The third-order valence-electron chi connectivity index (χ3n) is 3.69. The molecule has 26 heavy (non-hydrogen) atoms. The molecule has 1 aromatic rings. The van der Waals surface area contributed by atoms with Gasteiger partial charge in [-0.25, -0.2) is 4.79 Å². The van der Waals surface area contributed by atoms with Gasteiger partial charge < -0.3 is 34.7 Å². The summed E-state index contributed by atoms with van der Waals surface area (Å²) in [6, 6.07) is 1.68. The van der Waals surface area contributed by atoms with Crippen LogP contribution >= 0.6 is 15.9 Å². The Balaban J connectivity index is 2.47. The monoisotopic (exact) mass is 427 g/mol. The quantitative estimate of drug-likeness (QED) is 0.622. The lowest BCUT2D eigenvalue weighted by molar-refractivity contribution is -0.307. The zero-order valence-electron chi connectivity index (χ0n) is 14.0. The molecule has 0 spiro atoms. The lowest BCUT2D eigenvalue weighted by atomic mass is 9.89. The van der Waals surface area contributed by atoms with Crippen LogP contribution in [0, 0.1) is 5.92 Å². The molecule has 2 N–H and O–H groups in total. The fourth-order valence-electron chi connectivity index (χ4n) is 2.55. The van der Waals surface area contributed by atoms with E-state index in [1.54, 1.807) is 0 Å². The van der Waals surface area contributed by atoms with Crippen LogP contribution in [0.1, 0.15) is 11.6 Å². The fraction of sp³-hybridized carbons (Fsp3) is 0.312. The SMILES string of the molecule is C=C1NC(=O)N[C@H](c2cc(OC)c(OCC(=O)[O-])cc2Br)[C@H]1C(=O)OC. The van der Waals surface area contributed by atoms with Crippen molar-refractivity contribution >= 4 is 33.9 Å². The topological polar surface area (TPSA) is 126 Å². The molecule has 1 heterocycles. The molecule has 10 heteroatoms. The minimum atomic E-state index is -1.39. The first-order chi connectivity index (χ1) is 12.3. The number of urea groups is 1. The Labute approximate surface area is 157 Å². The summed E-state index contributed by atoms with van der Waals surface area (Å²) in [6.07, 6.45) is 0. The van der Waals surface area contributed by atoms with Crippen molar-refractivity contribution < 1.29 is 33.7 Å². The second-order valence-electron chi connectivity index (χ2n) is 5.29. The second-order valence-corrected chi connectivity index (χ2v) is 6.14. The zero-order valence-corrected chi connectivity index (χ0v) is 15.5. The highest BCUT2D eigenvalue weighted by molar-refractivity contribution is 9.10. The maximum absolute atomic E-state index is 12.2. The molecule has 0 aliphatic carbocycles. The number of amides is 2. The zero-order chi connectivity index (χ0) is 19.4. The lowest BCUT2D eigenvalue weighted by Gasteiger charge is -2.33. The van der Waals surface area contributed by atoms with Crippen molar-refractivity contribution in [1.29, 1.82) is 0 Å². The molecule has 2 amide bonds. The fourth-order valence-corrected chi connectivity index (χ4v) is 3.12. The Kier molecular flexibility index (Phi) is 6.09. The van der Waals surface area contributed by atoms with E-state index in [-0.39, 0.29) is 17.2 Å². The molecule has 1 saturated heterocycles. The molecule has 0 radical (unpaired) electrons. The van der Waals surface area contributed by atoms with E-state index >= 15 is 0 Å². The summed E-state index contributed by atoms with van der Waals surface area (Å²) in [4.78, 5) is 34.6. The minimum Gasteiger partial charge on any atom is -0.546 e. The van der Waals surface area contributed by atoms with E-state index < -0.39 is 36.5 Å². The number of carbonyl (C=O) groups is 3. The van der Waals surface area contributed by atoms with Crippen LogP contribution in [0.3, 0.4) is 0 Å². The highest BCUT2D eigenvalue weighted by Crippen LogP contribution is 2.40. The number of aliphatic carboxylic acids is 1. The molecule has 140 valence electrons. The first kappa shape index (κ1) is 19.6. The Morgan fingerprint density at radius 2 is 2.00 bits per heavy atom. The van der Waals surface area contributed by atoms with E-state index in [0.29, 0.717) is 10.0 Å². The van der Waals surface area contributed by atoms with E-state index in [1.807, 2.05) is 0 Å². The molecule has 2 rings (SSSR count). The largest absolute Gasteiger partial charge is 0.546 e. The number of methoxy groups -OCH3 is 2. The van der Waals surface area contributed by atoms with Crippen molar-refractivity contribution in [2.24, 2.45) is 5.92 Å². The predicted molar refractivity (Wildman–Crippen MR) is 90.3 cm³/mol. The third-order valence-corrected chi connectivity index (χ3v) is 4.37. The number of hydrogen-bond acceptors (Lipinski definition) is 7. The first-order valence-corrected chi connectivity index (χ1v) is 8.12. The molecule has 1 aromatic carbocycles. The first-order valence-electron chi connectivity index (χ1n) is 7.32. The van der Waals surface area contributed by atoms with Crippen LogP contribution in [0.5, 0.6) is 11.5 Å². The molecule has 0 aromatic heterocycles. The molecule has 1 fully saturated rings. The Morgan fingerprint density at radius 1 is 1.31 bits per heavy atom. The maximum Gasteiger partial charge on any atom is 0.319 e. The van der Waals surface area contributed by atoms with Crippen molar-refractivity contribution in [2.75, 3.05) is 20.8 Å². The average Bonchev–Trinajstić information content (AvgIpc) is 2.58. The van der Waals surface area contributed by atoms with Crippen LogP contribution in [-0.4, -0.2) is 38.8 Å². The summed E-state index contributed by atoms with van der Waals surface area (Å²) >= 11 is 3.34. The summed E-state index contributed by atoms with van der Waals surface area (Å²) in [7, 11) is 2.60. The van der Waals surface area contributed by atoms with Gasteiger partial charge in [0.2, 0.25) is 0 Å².